The Morgan fingerprint density at radius 3 is 2.39 bits per heavy atom. The minimum absolute atomic E-state index is 0.265. The third kappa shape index (κ3) is 4.03. The van der Waals surface area contributed by atoms with Gasteiger partial charge in [-0.05, 0) is 60.8 Å². The summed E-state index contributed by atoms with van der Waals surface area (Å²) in [5.74, 6) is -1.67. The summed E-state index contributed by atoms with van der Waals surface area (Å²) < 4.78 is 31.6. The van der Waals surface area contributed by atoms with E-state index >= 15 is 0 Å². The second-order valence-electron chi connectivity index (χ2n) is 7.68. The smallest absolute Gasteiger partial charge is 0.161 e. The van der Waals surface area contributed by atoms with Gasteiger partial charge in [0.05, 0.1) is 17.4 Å². The van der Waals surface area contributed by atoms with Gasteiger partial charge >= 0.3 is 0 Å². The molecule has 31 heavy (non-hydrogen) atoms. The van der Waals surface area contributed by atoms with Crippen LogP contribution in [0.5, 0.6) is 0 Å². The second kappa shape index (κ2) is 8.32. The predicted molar refractivity (Wildman–Crippen MR) is 122 cm³/mol. The van der Waals surface area contributed by atoms with Crippen molar-refractivity contribution < 1.29 is 8.78 Å². The van der Waals surface area contributed by atoms with Crippen LogP contribution in [0.15, 0.2) is 71.8 Å². The molecule has 0 unspecified atom stereocenters. The molecule has 0 bridgehead atoms. The largest absolute Gasteiger partial charge is 0.369 e. The van der Waals surface area contributed by atoms with Gasteiger partial charge in [-0.15, -0.1) is 0 Å². The van der Waals surface area contributed by atoms with Crippen LogP contribution in [0.2, 0.25) is 0 Å². The van der Waals surface area contributed by atoms with E-state index in [-0.39, 0.29) is 5.56 Å². The summed E-state index contributed by atoms with van der Waals surface area (Å²) in [6, 6.07) is 19.4. The van der Waals surface area contributed by atoms with Gasteiger partial charge in [0.2, 0.25) is 0 Å². The molecule has 0 saturated carbocycles. The number of rotatable bonds is 4. The summed E-state index contributed by atoms with van der Waals surface area (Å²) in [5, 5.41) is 5.39. The standard InChI is InChI=1S/C24H22F2N4S/c1-17-13-20(15-22(25)24(17)26)30-23-8-7-19(14-18(23)16-27-30)28-9-11-29(12-10-28)31-21-5-3-2-4-6-21/h2-8,13-16H,9-12H2,1H3. The van der Waals surface area contributed by atoms with Crippen molar-refractivity contribution >= 4 is 28.5 Å². The molecule has 0 amide bonds. The molecule has 4 aromatic rings. The highest BCUT2D eigenvalue weighted by Crippen LogP contribution is 2.28. The van der Waals surface area contributed by atoms with Crippen LogP contribution in [0.1, 0.15) is 5.56 Å². The van der Waals surface area contributed by atoms with Gasteiger partial charge in [0.15, 0.2) is 11.6 Å². The molecule has 0 aliphatic carbocycles. The number of fused-ring (bicyclic) bond motifs is 1. The first-order valence-electron chi connectivity index (χ1n) is 10.3. The number of hydrogen-bond acceptors (Lipinski definition) is 4. The summed E-state index contributed by atoms with van der Waals surface area (Å²) in [6.07, 6.45) is 1.77. The van der Waals surface area contributed by atoms with E-state index in [1.807, 2.05) is 12.1 Å². The Hall–Kier alpha value is -2.90. The summed E-state index contributed by atoms with van der Waals surface area (Å²) in [7, 11) is 0. The third-order valence-corrected chi connectivity index (χ3v) is 6.68. The fourth-order valence-corrected chi connectivity index (χ4v) is 4.84. The third-order valence-electron chi connectivity index (χ3n) is 5.57. The fourth-order valence-electron chi connectivity index (χ4n) is 3.92. The van der Waals surface area contributed by atoms with Gasteiger partial charge in [-0.3, -0.25) is 0 Å². The minimum Gasteiger partial charge on any atom is -0.369 e. The maximum Gasteiger partial charge on any atom is 0.161 e. The lowest BCUT2D eigenvalue weighted by atomic mass is 10.2. The maximum absolute atomic E-state index is 13.9. The molecular formula is C24H22F2N4S. The molecule has 0 radical (unpaired) electrons. The number of hydrogen-bond donors (Lipinski definition) is 0. The van der Waals surface area contributed by atoms with Crippen molar-refractivity contribution in [1.82, 2.24) is 14.1 Å². The molecule has 1 fully saturated rings. The molecule has 4 nitrogen and oxygen atoms in total. The van der Waals surface area contributed by atoms with Crippen LogP contribution in [0.4, 0.5) is 14.5 Å². The van der Waals surface area contributed by atoms with Crippen molar-refractivity contribution in [2.75, 3.05) is 31.1 Å². The number of halogens is 2. The first-order valence-corrected chi connectivity index (χ1v) is 11.0. The Balaban J connectivity index is 1.32. The van der Waals surface area contributed by atoms with E-state index in [1.54, 1.807) is 35.8 Å². The quantitative estimate of drug-likeness (QED) is 0.398. The number of anilines is 1. The summed E-state index contributed by atoms with van der Waals surface area (Å²) in [5.41, 5.74) is 2.80. The number of benzene rings is 3. The summed E-state index contributed by atoms with van der Waals surface area (Å²) in [6.45, 7) is 5.40. The molecule has 0 spiro atoms. The van der Waals surface area contributed by atoms with Crippen molar-refractivity contribution in [1.29, 1.82) is 0 Å². The van der Waals surface area contributed by atoms with Crippen LogP contribution < -0.4 is 4.90 Å². The summed E-state index contributed by atoms with van der Waals surface area (Å²) in [4.78, 5) is 3.64. The van der Waals surface area contributed by atoms with Gasteiger partial charge in [0.25, 0.3) is 0 Å². The Morgan fingerprint density at radius 1 is 0.871 bits per heavy atom. The fraction of sp³-hybridized carbons (Fsp3) is 0.208. The van der Waals surface area contributed by atoms with Crippen molar-refractivity contribution in [3.8, 4) is 5.69 Å². The van der Waals surface area contributed by atoms with Crippen molar-refractivity contribution in [2.45, 2.75) is 11.8 Å². The van der Waals surface area contributed by atoms with Crippen LogP contribution in [0, 0.1) is 18.6 Å². The van der Waals surface area contributed by atoms with Gasteiger partial charge in [-0.25, -0.2) is 17.8 Å². The first-order chi connectivity index (χ1) is 15.1. The number of nitrogens with zero attached hydrogens (tertiary/aromatic N) is 4. The maximum atomic E-state index is 13.9. The second-order valence-corrected chi connectivity index (χ2v) is 8.85. The van der Waals surface area contributed by atoms with Gasteiger partial charge < -0.3 is 4.90 Å². The molecular weight excluding hydrogens is 414 g/mol. The van der Waals surface area contributed by atoms with E-state index in [2.05, 4.69) is 50.7 Å². The lowest BCUT2D eigenvalue weighted by molar-refractivity contribution is 0.430. The Labute approximate surface area is 184 Å². The van der Waals surface area contributed by atoms with Gasteiger partial charge in [0, 0.05) is 48.2 Å². The zero-order valence-corrected chi connectivity index (χ0v) is 17.9. The van der Waals surface area contributed by atoms with E-state index in [0.717, 1.165) is 42.8 Å². The van der Waals surface area contributed by atoms with Gasteiger partial charge in [0.1, 0.15) is 0 Å². The molecule has 3 aromatic carbocycles. The molecule has 1 saturated heterocycles. The van der Waals surface area contributed by atoms with Crippen LogP contribution in [0.3, 0.4) is 0 Å². The molecule has 5 rings (SSSR count). The van der Waals surface area contributed by atoms with Crippen molar-refractivity contribution in [2.24, 2.45) is 0 Å². The molecule has 0 atom stereocenters. The van der Waals surface area contributed by atoms with Crippen molar-refractivity contribution in [3.05, 3.63) is 84.1 Å². The van der Waals surface area contributed by atoms with Crippen molar-refractivity contribution in [3.63, 3.8) is 0 Å². The van der Waals surface area contributed by atoms with Gasteiger partial charge in [-0.1, -0.05) is 18.2 Å². The predicted octanol–water partition coefficient (Wildman–Crippen LogP) is 5.44. The lowest BCUT2D eigenvalue weighted by Gasteiger charge is -2.35. The van der Waals surface area contributed by atoms with Crippen LogP contribution in [0.25, 0.3) is 16.6 Å². The topological polar surface area (TPSA) is 24.3 Å². The minimum atomic E-state index is -0.860. The molecule has 158 valence electrons. The molecule has 0 N–H and O–H groups in total. The monoisotopic (exact) mass is 436 g/mol. The zero-order chi connectivity index (χ0) is 21.4. The number of piperazine rings is 1. The number of aryl methyl sites for hydroxylation is 1. The molecule has 1 aliphatic rings. The molecule has 1 aliphatic heterocycles. The Morgan fingerprint density at radius 2 is 1.65 bits per heavy atom. The van der Waals surface area contributed by atoms with Crippen LogP contribution >= 0.6 is 11.9 Å². The highest BCUT2D eigenvalue weighted by molar-refractivity contribution is 7.97. The molecule has 2 heterocycles. The van der Waals surface area contributed by atoms with Crippen LogP contribution in [-0.2, 0) is 0 Å². The molecule has 7 heteroatoms. The zero-order valence-electron chi connectivity index (χ0n) is 17.1. The first kappa shape index (κ1) is 20.0. The SMILES string of the molecule is Cc1cc(-n2ncc3cc(N4CCN(Sc5ccccc5)CC4)ccc32)cc(F)c1F. The van der Waals surface area contributed by atoms with E-state index in [1.165, 1.54) is 11.0 Å². The van der Waals surface area contributed by atoms with E-state index < -0.39 is 11.6 Å². The highest BCUT2D eigenvalue weighted by Gasteiger charge is 2.19. The van der Waals surface area contributed by atoms with E-state index in [4.69, 9.17) is 0 Å². The summed E-state index contributed by atoms with van der Waals surface area (Å²) >= 11 is 1.80. The molecule has 1 aromatic heterocycles. The van der Waals surface area contributed by atoms with Crippen LogP contribution in [-0.4, -0.2) is 40.3 Å². The Kier molecular flexibility index (Phi) is 5.38. The lowest BCUT2D eigenvalue weighted by Crippen LogP contribution is -2.43. The van der Waals surface area contributed by atoms with E-state index in [0.29, 0.717) is 5.69 Å². The average molecular weight is 437 g/mol. The number of aromatic nitrogens is 2. The highest BCUT2D eigenvalue weighted by atomic mass is 32.2. The normalized spacial score (nSPS) is 15.0. The average Bonchev–Trinajstić information content (AvgIpc) is 3.22. The van der Waals surface area contributed by atoms with Gasteiger partial charge in [-0.2, -0.15) is 5.10 Å². The van der Waals surface area contributed by atoms with E-state index in [9.17, 15) is 8.78 Å². The Bertz CT molecular complexity index is 1190.